The van der Waals surface area contributed by atoms with E-state index >= 15 is 0 Å². The Balaban J connectivity index is 0. The summed E-state index contributed by atoms with van der Waals surface area (Å²) in [5.74, 6) is 0.749. The summed E-state index contributed by atoms with van der Waals surface area (Å²) in [4.78, 5) is 0. The molecule has 0 aromatic rings. The van der Waals surface area contributed by atoms with E-state index < -0.39 is 0 Å². The van der Waals surface area contributed by atoms with Crippen LogP contribution in [0.1, 0.15) is 91.9 Å². The fraction of sp³-hybridized carbons (Fsp3) is 1.00. The van der Waals surface area contributed by atoms with Gasteiger partial charge < -0.3 is 11.2 Å². The monoisotopic (exact) mass is 259 g/mol. The maximum absolute atomic E-state index is 6.73. The highest BCUT2D eigenvalue weighted by Crippen LogP contribution is 2.33. The number of hydrogen-bond donors (Lipinski definition) is 1. The third kappa shape index (κ3) is 7.38. The summed E-state index contributed by atoms with van der Waals surface area (Å²) in [6.45, 7) is 9.12. The standard InChI is InChI=1S/C16H35N.H2O/c1-5-9-10-12-15(11-6-2)16(17,13-7-3)14-8-4;/h15H,5-14,17H2,1-4H3;1H2. The van der Waals surface area contributed by atoms with Gasteiger partial charge in [-0.2, -0.15) is 0 Å². The first-order valence-electron chi connectivity index (χ1n) is 7.93. The van der Waals surface area contributed by atoms with E-state index in [9.17, 15) is 0 Å². The first kappa shape index (κ1) is 20.2. The van der Waals surface area contributed by atoms with E-state index in [0.29, 0.717) is 0 Å². The molecule has 0 aromatic carbocycles. The van der Waals surface area contributed by atoms with Gasteiger partial charge >= 0.3 is 0 Å². The second-order valence-electron chi connectivity index (χ2n) is 5.71. The van der Waals surface area contributed by atoms with E-state index in [1.54, 1.807) is 0 Å². The van der Waals surface area contributed by atoms with Crippen LogP contribution in [0.15, 0.2) is 0 Å². The second kappa shape index (κ2) is 12.0. The van der Waals surface area contributed by atoms with Crippen molar-refractivity contribution in [2.24, 2.45) is 11.7 Å². The number of unbranched alkanes of at least 4 members (excludes halogenated alkanes) is 2. The van der Waals surface area contributed by atoms with Crippen molar-refractivity contribution in [1.29, 1.82) is 0 Å². The van der Waals surface area contributed by atoms with Gasteiger partial charge in [0.2, 0.25) is 0 Å². The molecular formula is C16H37NO. The van der Waals surface area contributed by atoms with E-state index in [4.69, 9.17) is 5.73 Å². The van der Waals surface area contributed by atoms with Crippen molar-refractivity contribution in [3.05, 3.63) is 0 Å². The zero-order chi connectivity index (χ0) is 13.1. The molecule has 0 spiro atoms. The summed E-state index contributed by atoms with van der Waals surface area (Å²) in [5, 5.41) is 0. The zero-order valence-corrected chi connectivity index (χ0v) is 13.2. The maximum atomic E-state index is 6.73. The van der Waals surface area contributed by atoms with E-state index in [-0.39, 0.29) is 11.0 Å². The number of rotatable bonds is 11. The highest BCUT2D eigenvalue weighted by Gasteiger charge is 2.31. The molecule has 112 valence electrons. The van der Waals surface area contributed by atoms with E-state index in [2.05, 4.69) is 27.7 Å². The number of hydrogen-bond acceptors (Lipinski definition) is 1. The minimum absolute atomic E-state index is 0. The van der Waals surface area contributed by atoms with Crippen LogP contribution < -0.4 is 5.73 Å². The topological polar surface area (TPSA) is 57.5 Å². The molecule has 2 nitrogen and oxygen atoms in total. The summed E-state index contributed by atoms with van der Waals surface area (Å²) in [7, 11) is 0. The Kier molecular flexibility index (Phi) is 13.5. The molecule has 0 aliphatic heterocycles. The van der Waals surface area contributed by atoms with Gasteiger partial charge in [-0.3, -0.25) is 0 Å². The van der Waals surface area contributed by atoms with Gasteiger partial charge in [-0.05, 0) is 31.6 Å². The van der Waals surface area contributed by atoms with Gasteiger partial charge in [0.1, 0.15) is 0 Å². The van der Waals surface area contributed by atoms with Crippen molar-refractivity contribution in [3.63, 3.8) is 0 Å². The molecule has 2 heteroatoms. The largest absolute Gasteiger partial charge is 0.412 e. The third-order valence-corrected chi connectivity index (χ3v) is 4.04. The molecule has 0 saturated carbocycles. The van der Waals surface area contributed by atoms with Gasteiger partial charge in [0, 0.05) is 5.54 Å². The molecule has 0 radical (unpaired) electrons. The Bertz CT molecular complexity index is 164. The lowest BCUT2D eigenvalue weighted by atomic mass is 9.73. The molecule has 1 unspecified atom stereocenters. The minimum Gasteiger partial charge on any atom is -0.412 e. The van der Waals surface area contributed by atoms with Crippen LogP contribution in [-0.2, 0) is 0 Å². The van der Waals surface area contributed by atoms with Gasteiger partial charge in [-0.1, -0.05) is 66.2 Å². The van der Waals surface area contributed by atoms with Gasteiger partial charge in [0.05, 0.1) is 0 Å². The molecule has 0 aliphatic carbocycles. The van der Waals surface area contributed by atoms with Crippen molar-refractivity contribution in [1.82, 2.24) is 0 Å². The lowest BCUT2D eigenvalue weighted by Crippen LogP contribution is -2.47. The van der Waals surface area contributed by atoms with Crippen LogP contribution in [0.3, 0.4) is 0 Å². The molecule has 4 N–H and O–H groups in total. The Morgan fingerprint density at radius 3 is 1.72 bits per heavy atom. The van der Waals surface area contributed by atoms with Gasteiger partial charge in [0.25, 0.3) is 0 Å². The van der Waals surface area contributed by atoms with E-state index in [0.717, 1.165) is 5.92 Å². The lowest BCUT2D eigenvalue weighted by Gasteiger charge is -2.38. The van der Waals surface area contributed by atoms with Gasteiger partial charge in [-0.15, -0.1) is 0 Å². The summed E-state index contributed by atoms with van der Waals surface area (Å²) in [6, 6.07) is 0. The summed E-state index contributed by atoms with van der Waals surface area (Å²) in [5.41, 5.74) is 6.85. The maximum Gasteiger partial charge on any atom is 0.0182 e. The Morgan fingerprint density at radius 2 is 1.33 bits per heavy atom. The normalized spacial score (nSPS) is 13.2. The SMILES string of the molecule is CCCCCC(CCC)C(N)(CCC)CCC.O. The molecule has 0 amide bonds. The summed E-state index contributed by atoms with van der Waals surface area (Å²) >= 11 is 0. The van der Waals surface area contributed by atoms with Crippen LogP contribution in [0.2, 0.25) is 0 Å². The average Bonchev–Trinajstić information content (AvgIpc) is 2.29. The molecule has 0 rings (SSSR count). The molecule has 0 aromatic heterocycles. The average molecular weight is 259 g/mol. The van der Waals surface area contributed by atoms with E-state index in [1.165, 1.54) is 64.2 Å². The Hall–Kier alpha value is -0.0800. The fourth-order valence-electron chi connectivity index (χ4n) is 3.17. The van der Waals surface area contributed by atoms with Crippen LogP contribution in [0.25, 0.3) is 0 Å². The Labute approximate surface area is 115 Å². The first-order valence-corrected chi connectivity index (χ1v) is 7.93. The van der Waals surface area contributed by atoms with Crippen molar-refractivity contribution in [3.8, 4) is 0 Å². The van der Waals surface area contributed by atoms with Gasteiger partial charge in [0.15, 0.2) is 0 Å². The van der Waals surface area contributed by atoms with E-state index in [1.807, 2.05) is 0 Å². The molecule has 0 saturated heterocycles. The van der Waals surface area contributed by atoms with Crippen LogP contribution in [0, 0.1) is 5.92 Å². The highest BCUT2D eigenvalue weighted by molar-refractivity contribution is 4.90. The number of nitrogens with two attached hydrogens (primary N) is 1. The molecule has 0 bridgehead atoms. The third-order valence-electron chi connectivity index (χ3n) is 4.04. The molecule has 0 heterocycles. The van der Waals surface area contributed by atoms with Crippen LogP contribution in [-0.4, -0.2) is 11.0 Å². The minimum atomic E-state index is 0. The predicted molar refractivity (Wildman–Crippen MR) is 82.9 cm³/mol. The second-order valence-corrected chi connectivity index (χ2v) is 5.71. The van der Waals surface area contributed by atoms with Crippen molar-refractivity contribution < 1.29 is 5.48 Å². The summed E-state index contributed by atoms with van der Waals surface area (Å²) < 4.78 is 0. The lowest BCUT2D eigenvalue weighted by molar-refractivity contribution is 0.200. The molecule has 0 aliphatic rings. The summed E-state index contributed by atoms with van der Waals surface area (Å²) in [6.07, 6.45) is 12.9. The molecule has 18 heavy (non-hydrogen) atoms. The highest BCUT2D eigenvalue weighted by atomic mass is 16.0. The van der Waals surface area contributed by atoms with Crippen molar-refractivity contribution in [2.75, 3.05) is 0 Å². The molecule has 0 fully saturated rings. The first-order chi connectivity index (χ1) is 8.14. The van der Waals surface area contributed by atoms with Crippen LogP contribution in [0.4, 0.5) is 0 Å². The predicted octanol–water partition coefficient (Wildman–Crippen LogP) is 4.46. The van der Waals surface area contributed by atoms with Gasteiger partial charge in [-0.25, -0.2) is 0 Å². The molecular weight excluding hydrogens is 222 g/mol. The zero-order valence-electron chi connectivity index (χ0n) is 13.2. The van der Waals surface area contributed by atoms with Crippen molar-refractivity contribution >= 4 is 0 Å². The quantitative estimate of drug-likeness (QED) is 0.547. The fourth-order valence-corrected chi connectivity index (χ4v) is 3.17. The Morgan fingerprint density at radius 1 is 0.778 bits per heavy atom. The smallest absolute Gasteiger partial charge is 0.0182 e. The molecule has 1 atom stereocenters. The van der Waals surface area contributed by atoms with Crippen LogP contribution in [0.5, 0.6) is 0 Å². The van der Waals surface area contributed by atoms with Crippen LogP contribution >= 0.6 is 0 Å². The van der Waals surface area contributed by atoms with Crippen molar-refractivity contribution in [2.45, 2.75) is 97.4 Å².